The highest BCUT2D eigenvalue weighted by molar-refractivity contribution is 7.15. The molecule has 0 radical (unpaired) electrons. The molecule has 2 N–H and O–H groups in total. The number of ether oxygens (including phenoxy) is 2. The Morgan fingerprint density at radius 1 is 1.07 bits per heavy atom. The quantitative estimate of drug-likeness (QED) is 0.471. The van der Waals surface area contributed by atoms with E-state index in [1.807, 2.05) is 23.6 Å². The zero-order valence-electron chi connectivity index (χ0n) is 17.0. The summed E-state index contributed by atoms with van der Waals surface area (Å²) in [6, 6.07) is 14.4. The van der Waals surface area contributed by atoms with E-state index in [0.717, 1.165) is 41.7 Å². The lowest BCUT2D eigenvalue weighted by molar-refractivity contribution is 0.0529. The molecule has 1 aliphatic carbocycles. The monoisotopic (exact) mass is 443 g/mol. The van der Waals surface area contributed by atoms with Crippen molar-refractivity contribution in [2.45, 2.75) is 39.2 Å². The lowest BCUT2D eigenvalue weighted by atomic mass is 9.87. The molecule has 6 heteroatoms. The zero-order chi connectivity index (χ0) is 20.2. The molecular weight excluding hydrogens is 418 g/mol. The van der Waals surface area contributed by atoms with Gasteiger partial charge in [0, 0.05) is 16.5 Å². The first-order valence-electron chi connectivity index (χ1n) is 10.0. The molecule has 0 spiro atoms. The molecule has 4 nitrogen and oxygen atoms in total. The first kappa shape index (κ1) is 22.2. The second-order valence-electron chi connectivity index (χ2n) is 7.17. The Bertz CT molecular complexity index is 1020. The summed E-state index contributed by atoms with van der Waals surface area (Å²) in [5.74, 6) is 0.488. The van der Waals surface area contributed by atoms with Crippen LogP contribution in [0.25, 0.3) is 11.1 Å². The average Bonchev–Trinajstić information content (AvgIpc) is 3.14. The summed E-state index contributed by atoms with van der Waals surface area (Å²) in [5.41, 5.74) is 12.0. The van der Waals surface area contributed by atoms with Crippen molar-refractivity contribution >= 4 is 34.7 Å². The Labute approximate surface area is 187 Å². The topological polar surface area (TPSA) is 61.5 Å². The second-order valence-corrected chi connectivity index (χ2v) is 8.08. The second kappa shape index (κ2) is 10.0. The number of nitrogen functional groups attached to an aromatic ring is 1. The van der Waals surface area contributed by atoms with Crippen LogP contribution in [0.1, 0.15) is 46.8 Å². The number of benzene rings is 2. The maximum atomic E-state index is 12.6. The third-order valence-electron chi connectivity index (χ3n) is 5.30. The maximum absolute atomic E-state index is 12.6. The number of hydrogen-bond donors (Lipinski definition) is 1. The van der Waals surface area contributed by atoms with Gasteiger partial charge in [-0.3, -0.25) is 0 Å². The van der Waals surface area contributed by atoms with Crippen LogP contribution in [0.4, 0.5) is 5.00 Å². The number of nitrogens with two attached hydrogens (primary N) is 1. The Morgan fingerprint density at radius 3 is 2.60 bits per heavy atom. The molecule has 0 saturated carbocycles. The predicted octanol–water partition coefficient (Wildman–Crippen LogP) is 6.05. The van der Waals surface area contributed by atoms with Crippen LogP contribution in [0.2, 0.25) is 0 Å². The SMILES string of the molecule is CCOC(=O)c1c(-c2ccc3c(c2OCc2ccccc2)CCCC3)csc1N.Cl. The lowest BCUT2D eigenvalue weighted by Gasteiger charge is -2.23. The van der Waals surface area contributed by atoms with E-state index >= 15 is 0 Å². The molecule has 0 bridgehead atoms. The summed E-state index contributed by atoms with van der Waals surface area (Å²) >= 11 is 1.36. The molecule has 0 atom stereocenters. The van der Waals surface area contributed by atoms with Gasteiger partial charge in [-0.05, 0) is 49.3 Å². The molecule has 4 rings (SSSR count). The van der Waals surface area contributed by atoms with E-state index in [0.29, 0.717) is 23.8 Å². The van der Waals surface area contributed by atoms with Gasteiger partial charge in [-0.15, -0.1) is 23.7 Å². The van der Waals surface area contributed by atoms with Gasteiger partial charge in [-0.25, -0.2) is 4.79 Å². The van der Waals surface area contributed by atoms with E-state index in [-0.39, 0.29) is 18.4 Å². The van der Waals surface area contributed by atoms with Crippen molar-refractivity contribution in [2.24, 2.45) is 0 Å². The maximum Gasteiger partial charge on any atom is 0.341 e. The minimum atomic E-state index is -0.381. The number of esters is 1. The fraction of sp³-hybridized carbons (Fsp3) is 0.292. The summed E-state index contributed by atoms with van der Waals surface area (Å²) in [5, 5.41) is 2.41. The van der Waals surface area contributed by atoms with Gasteiger partial charge in [-0.2, -0.15) is 0 Å². The van der Waals surface area contributed by atoms with Gasteiger partial charge in [0.25, 0.3) is 0 Å². The van der Waals surface area contributed by atoms with E-state index in [1.165, 1.54) is 28.9 Å². The highest BCUT2D eigenvalue weighted by atomic mass is 35.5. The van der Waals surface area contributed by atoms with Crippen molar-refractivity contribution in [3.05, 3.63) is 70.1 Å². The number of hydrogen-bond acceptors (Lipinski definition) is 5. The minimum absolute atomic E-state index is 0. The summed E-state index contributed by atoms with van der Waals surface area (Å²) in [6.07, 6.45) is 4.40. The highest BCUT2D eigenvalue weighted by Crippen LogP contribution is 2.43. The molecule has 0 fully saturated rings. The molecule has 3 aromatic rings. The number of anilines is 1. The molecule has 2 aromatic carbocycles. The predicted molar refractivity (Wildman–Crippen MR) is 125 cm³/mol. The summed E-state index contributed by atoms with van der Waals surface area (Å²) < 4.78 is 11.6. The van der Waals surface area contributed by atoms with Crippen LogP contribution in [0, 0.1) is 0 Å². The van der Waals surface area contributed by atoms with Crippen molar-refractivity contribution in [3.8, 4) is 16.9 Å². The molecule has 30 heavy (non-hydrogen) atoms. The normalized spacial score (nSPS) is 12.6. The van der Waals surface area contributed by atoms with Gasteiger partial charge in [-0.1, -0.05) is 42.5 Å². The average molecular weight is 444 g/mol. The standard InChI is InChI=1S/C24H25NO3S.ClH/c1-2-27-24(26)21-20(15-29-23(21)25)19-13-12-17-10-6-7-11-18(17)22(19)28-14-16-8-4-3-5-9-16;/h3-5,8-9,12-13,15H,2,6-7,10-11,14,25H2,1H3;1H. The van der Waals surface area contributed by atoms with Crippen LogP contribution in [0.5, 0.6) is 5.75 Å². The molecule has 0 amide bonds. The molecule has 0 aliphatic heterocycles. The van der Waals surface area contributed by atoms with Crippen molar-refractivity contribution in [3.63, 3.8) is 0 Å². The first-order valence-corrected chi connectivity index (χ1v) is 10.9. The Kier molecular flexibility index (Phi) is 7.40. The fourth-order valence-electron chi connectivity index (χ4n) is 3.89. The van der Waals surface area contributed by atoms with Crippen LogP contribution in [-0.4, -0.2) is 12.6 Å². The number of fused-ring (bicyclic) bond motifs is 1. The van der Waals surface area contributed by atoms with Crippen molar-refractivity contribution < 1.29 is 14.3 Å². The van der Waals surface area contributed by atoms with E-state index in [4.69, 9.17) is 15.2 Å². The number of carbonyl (C=O) groups excluding carboxylic acids is 1. The Hall–Kier alpha value is -2.50. The molecule has 1 aliphatic rings. The summed E-state index contributed by atoms with van der Waals surface area (Å²) in [6.45, 7) is 2.60. The van der Waals surface area contributed by atoms with Gasteiger partial charge in [0.2, 0.25) is 0 Å². The van der Waals surface area contributed by atoms with Crippen LogP contribution in [-0.2, 0) is 24.2 Å². The molecule has 1 aromatic heterocycles. The Balaban J connectivity index is 0.00000256. The third-order valence-corrected chi connectivity index (χ3v) is 6.11. The number of halogens is 1. The number of carbonyl (C=O) groups is 1. The fourth-order valence-corrected chi connectivity index (χ4v) is 4.69. The highest BCUT2D eigenvalue weighted by Gasteiger charge is 2.25. The smallest absolute Gasteiger partial charge is 0.341 e. The number of aryl methyl sites for hydroxylation is 1. The molecule has 0 unspecified atom stereocenters. The van der Waals surface area contributed by atoms with E-state index in [2.05, 4.69) is 24.3 Å². The first-order chi connectivity index (χ1) is 14.2. The lowest BCUT2D eigenvalue weighted by Crippen LogP contribution is -2.10. The Morgan fingerprint density at radius 2 is 1.83 bits per heavy atom. The van der Waals surface area contributed by atoms with Gasteiger partial charge >= 0.3 is 5.97 Å². The van der Waals surface area contributed by atoms with Gasteiger partial charge in [0.05, 0.1) is 6.61 Å². The largest absolute Gasteiger partial charge is 0.488 e. The van der Waals surface area contributed by atoms with Crippen LogP contribution >= 0.6 is 23.7 Å². The van der Waals surface area contributed by atoms with Crippen molar-refractivity contribution in [1.29, 1.82) is 0 Å². The minimum Gasteiger partial charge on any atom is -0.488 e. The van der Waals surface area contributed by atoms with E-state index in [1.54, 1.807) is 6.92 Å². The molecule has 158 valence electrons. The van der Waals surface area contributed by atoms with E-state index in [9.17, 15) is 4.79 Å². The van der Waals surface area contributed by atoms with Gasteiger partial charge < -0.3 is 15.2 Å². The summed E-state index contributed by atoms with van der Waals surface area (Å²) in [7, 11) is 0. The van der Waals surface area contributed by atoms with E-state index < -0.39 is 0 Å². The van der Waals surface area contributed by atoms with Crippen LogP contribution < -0.4 is 10.5 Å². The van der Waals surface area contributed by atoms with Crippen LogP contribution in [0.15, 0.2) is 47.8 Å². The van der Waals surface area contributed by atoms with Crippen molar-refractivity contribution in [1.82, 2.24) is 0 Å². The number of rotatable bonds is 6. The molecule has 1 heterocycles. The third kappa shape index (κ3) is 4.47. The molecule has 0 saturated heterocycles. The zero-order valence-corrected chi connectivity index (χ0v) is 18.6. The van der Waals surface area contributed by atoms with Gasteiger partial charge in [0.15, 0.2) is 0 Å². The van der Waals surface area contributed by atoms with Gasteiger partial charge in [0.1, 0.15) is 22.9 Å². The summed E-state index contributed by atoms with van der Waals surface area (Å²) in [4.78, 5) is 12.6. The molecular formula is C24H26ClNO3S. The number of thiophene rings is 1. The van der Waals surface area contributed by atoms with Crippen molar-refractivity contribution in [2.75, 3.05) is 12.3 Å². The van der Waals surface area contributed by atoms with Crippen LogP contribution in [0.3, 0.4) is 0 Å².